The van der Waals surface area contributed by atoms with E-state index in [1.54, 1.807) is 0 Å². The van der Waals surface area contributed by atoms with Crippen molar-refractivity contribution in [3.8, 4) is 0 Å². The Labute approximate surface area is 192 Å². The number of hydrogen-bond donors (Lipinski definition) is 0. The number of piperidine rings is 1. The number of carbonyl (C=O) groups is 1. The van der Waals surface area contributed by atoms with Gasteiger partial charge in [-0.05, 0) is 50.5 Å². The average Bonchev–Trinajstić information content (AvgIpc) is 2.72. The van der Waals surface area contributed by atoms with E-state index >= 15 is 0 Å². The van der Waals surface area contributed by atoms with Gasteiger partial charge in [-0.3, -0.25) is 9.69 Å². The van der Waals surface area contributed by atoms with E-state index in [9.17, 15) is 39.6 Å². The first-order valence-electron chi connectivity index (χ1n) is 9.67. The molecule has 1 aromatic heterocycles. The van der Waals surface area contributed by atoms with Gasteiger partial charge in [0.15, 0.2) is 9.84 Å². The number of rotatable bonds is 4. The van der Waals surface area contributed by atoms with Crippen LogP contribution < -0.4 is 4.90 Å². The zero-order chi connectivity index (χ0) is 24.8. The third kappa shape index (κ3) is 5.18. The van der Waals surface area contributed by atoms with Gasteiger partial charge in [0.1, 0.15) is 5.69 Å². The molecule has 1 amide bonds. The first kappa shape index (κ1) is 27.5. The molecule has 13 heteroatoms. The zero-order valence-electron chi connectivity index (χ0n) is 17.4. The SMILES string of the molecule is C.CC(C)([C@H]1CCN(c2nccc(C(F)(F)F)n2)C(=O)C1)S(=O)(=O)c1cccc(C(F)(F)F)c1. The Kier molecular flexibility index (Phi) is 7.42. The molecule has 0 saturated carbocycles. The van der Waals surface area contributed by atoms with E-state index in [4.69, 9.17) is 0 Å². The molecule has 1 atom stereocenters. The van der Waals surface area contributed by atoms with Gasteiger partial charge < -0.3 is 0 Å². The predicted molar refractivity (Wildman–Crippen MR) is 112 cm³/mol. The molecule has 6 nitrogen and oxygen atoms in total. The molecule has 0 radical (unpaired) electrons. The summed E-state index contributed by atoms with van der Waals surface area (Å²) >= 11 is 0. The minimum atomic E-state index is -4.74. The fourth-order valence-corrected chi connectivity index (χ4v) is 5.42. The number of alkyl halides is 6. The highest BCUT2D eigenvalue weighted by atomic mass is 32.2. The summed E-state index contributed by atoms with van der Waals surface area (Å²) < 4.78 is 103. The predicted octanol–water partition coefficient (Wildman–Crippen LogP) is 5.15. The highest BCUT2D eigenvalue weighted by Crippen LogP contribution is 2.40. The second-order valence-electron chi connectivity index (χ2n) is 8.11. The van der Waals surface area contributed by atoms with Crippen LogP contribution in [0, 0.1) is 5.92 Å². The van der Waals surface area contributed by atoms with Gasteiger partial charge in [0, 0.05) is 19.2 Å². The van der Waals surface area contributed by atoms with E-state index in [0.717, 1.165) is 29.3 Å². The number of nitrogens with zero attached hydrogens (tertiary/aromatic N) is 3. The molecule has 0 unspecified atom stereocenters. The maximum Gasteiger partial charge on any atom is 0.433 e. The molecule has 34 heavy (non-hydrogen) atoms. The van der Waals surface area contributed by atoms with Crippen LogP contribution in [-0.2, 0) is 27.0 Å². The second kappa shape index (κ2) is 9.16. The molecule has 1 saturated heterocycles. The summed E-state index contributed by atoms with van der Waals surface area (Å²) in [6, 6.07) is 4.00. The molecule has 2 heterocycles. The third-order valence-corrected chi connectivity index (χ3v) is 8.34. The van der Waals surface area contributed by atoms with Crippen LogP contribution in [0.5, 0.6) is 0 Å². The summed E-state index contributed by atoms with van der Waals surface area (Å²) in [4.78, 5) is 20.2. The van der Waals surface area contributed by atoms with Crippen LogP contribution in [-0.4, -0.2) is 35.6 Å². The lowest BCUT2D eigenvalue weighted by Crippen LogP contribution is -2.49. The Hall–Kier alpha value is -2.70. The van der Waals surface area contributed by atoms with Gasteiger partial charge in [0.05, 0.1) is 15.2 Å². The maximum atomic E-state index is 13.2. The van der Waals surface area contributed by atoms with Crippen LogP contribution in [0.15, 0.2) is 41.4 Å². The molecule has 2 aromatic rings. The molecule has 0 aliphatic carbocycles. The van der Waals surface area contributed by atoms with Crippen molar-refractivity contribution in [1.29, 1.82) is 0 Å². The Balaban J connectivity index is 0.00000408. The summed E-state index contributed by atoms with van der Waals surface area (Å²) in [5.74, 6) is -1.93. The standard InChI is InChI=1S/C20H19F6N3O3S.CH4/c1-18(2,33(31,32)14-5-3-4-13(10-14)19(21,22)23)12-7-9-29(16(30)11-12)17-27-8-6-15(28-17)20(24,25)26;/h3-6,8,10,12H,7,9,11H2,1-2H3;1H4/t12-;/m0./s1. The lowest BCUT2D eigenvalue weighted by Gasteiger charge is -2.39. The van der Waals surface area contributed by atoms with Gasteiger partial charge in [-0.15, -0.1) is 0 Å². The van der Waals surface area contributed by atoms with Crippen LogP contribution >= 0.6 is 0 Å². The van der Waals surface area contributed by atoms with Gasteiger partial charge in [0.25, 0.3) is 0 Å². The Morgan fingerprint density at radius 1 is 1.03 bits per heavy atom. The molecule has 1 aliphatic heterocycles. The molecule has 0 spiro atoms. The number of hydrogen-bond acceptors (Lipinski definition) is 5. The molecular formula is C21H23F6N3O3S. The Morgan fingerprint density at radius 3 is 2.24 bits per heavy atom. The topological polar surface area (TPSA) is 80.2 Å². The molecule has 0 bridgehead atoms. The van der Waals surface area contributed by atoms with Gasteiger partial charge in [0.2, 0.25) is 11.9 Å². The van der Waals surface area contributed by atoms with Gasteiger partial charge in [-0.1, -0.05) is 13.5 Å². The number of sulfone groups is 1. The van der Waals surface area contributed by atoms with E-state index in [1.807, 2.05) is 0 Å². The Morgan fingerprint density at radius 2 is 1.68 bits per heavy atom. The fraction of sp³-hybridized carbons (Fsp3) is 0.476. The maximum absolute atomic E-state index is 13.2. The van der Waals surface area contributed by atoms with Gasteiger partial charge in [-0.25, -0.2) is 18.4 Å². The minimum absolute atomic E-state index is 0. The summed E-state index contributed by atoms with van der Waals surface area (Å²) in [5.41, 5.74) is -2.35. The molecule has 1 aliphatic rings. The molecule has 3 rings (SSSR count). The van der Waals surface area contributed by atoms with Crippen molar-refractivity contribution in [2.24, 2.45) is 5.92 Å². The van der Waals surface area contributed by atoms with Crippen LogP contribution in [0.25, 0.3) is 0 Å². The van der Waals surface area contributed by atoms with Crippen molar-refractivity contribution in [2.75, 3.05) is 11.4 Å². The smallest absolute Gasteiger partial charge is 0.281 e. The van der Waals surface area contributed by atoms with E-state index in [0.29, 0.717) is 12.1 Å². The molecular weight excluding hydrogens is 488 g/mol. The van der Waals surface area contributed by atoms with Gasteiger partial charge in [-0.2, -0.15) is 26.3 Å². The highest BCUT2D eigenvalue weighted by Gasteiger charge is 2.47. The van der Waals surface area contributed by atoms with Crippen molar-refractivity contribution in [3.05, 3.63) is 47.8 Å². The molecule has 188 valence electrons. The number of aromatic nitrogens is 2. The van der Waals surface area contributed by atoms with Crippen molar-refractivity contribution in [2.45, 2.75) is 56.1 Å². The number of amides is 1. The van der Waals surface area contributed by atoms with Gasteiger partial charge >= 0.3 is 12.4 Å². The highest BCUT2D eigenvalue weighted by molar-refractivity contribution is 7.92. The lowest BCUT2D eigenvalue weighted by atomic mass is 9.85. The summed E-state index contributed by atoms with van der Waals surface area (Å²) in [7, 11) is -4.30. The van der Waals surface area contributed by atoms with Crippen molar-refractivity contribution < 1.29 is 39.6 Å². The fourth-order valence-electron chi connectivity index (χ4n) is 3.64. The molecule has 0 N–H and O–H groups in total. The third-order valence-electron chi connectivity index (χ3n) is 5.75. The van der Waals surface area contributed by atoms with Crippen LogP contribution in [0.2, 0.25) is 0 Å². The largest absolute Gasteiger partial charge is 0.433 e. The number of benzene rings is 1. The monoisotopic (exact) mass is 511 g/mol. The Bertz CT molecular complexity index is 1160. The number of halogens is 6. The minimum Gasteiger partial charge on any atom is -0.281 e. The van der Waals surface area contributed by atoms with E-state index in [1.165, 1.54) is 13.8 Å². The van der Waals surface area contributed by atoms with E-state index in [2.05, 4.69) is 9.97 Å². The van der Waals surface area contributed by atoms with Crippen LogP contribution in [0.4, 0.5) is 32.3 Å². The first-order valence-corrected chi connectivity index (χ1v) is 11.2. The number of anilines is 1. The first-order chi connectivity index (χ1) is 15.0. The number of carbonyl (C=O) groups excluding carboxylic acids is 1. The van der Waals surface area contributed by atoms with Crippen molar-refractivity contribution in [1.82, 2.24) is 9.97 Å². The second-order valence-corrected chi connectivity index (χ2v) is 10.6. The van der Waals surface area contributed by atoms with Crippen molar-refractivity contribution in [3.63, 3.8) is 0 Å². The molecule has 1 fully saturated rings. The van der Waals surface area contributed by atoms with E-state index in [-0.39, 0.29) is 26.8 Å². The summed E-state index contributed by atoms with van der Waals surface area (Å²) in [5, 5.41) is 0. The quantitative estimate of drug-likeness (QED) is 0.531. The van der Waals surface area contributed by atoms with E-state index < -0.39 is 60.9 Å². The van der Waals surface area contributed by atoms with Crippen LogP contribution in [0.3, 0.4) is 0 Å². The average molecular weight is 511 g/mol. The summed E-state index contributed by atoms with van der Waals surface area (Å²) in [6.07, 6.45) is -8.89. The molecule has 1 aromatic carbocycles. The lowest BCUT2D eigenvalue weighted by molar-refractivity contribution is -0.141. The zero-order valence-corrected chi connectivity index (χ0v) is 18.2. The van der Waals surface area contributed by atoms with Crippen LogP contribution in [0.1, 0.15) is 45.4 Å². The summed E-state index contributed by atoms with van der Waals surface area (Å²) in [6.45, 7) is 2.49. The normalized spacial score (nSPS) is 17.9. The van der Waals surface area contributed by atoms with Crippen molar-refractivity contribution >= 4 is 21.7 Å².